The minimum atomic E-state index is -3.36. The molecule has 110 valence electrons. The van der Waals surface area contributed by atoms with E-state index < -0.39 is 21.9 Å². The Morgan fingerprint density at radius 1 is 1.25 bits per heavy atom. The van der Waals surface area contributed by atoms with Gasteiger partial charge in [0, 0.05) is 13.1 Å². The summed E-state index contributed by atoms with van der Waals surface area (Å²) >= 11 is 0. The third kappa shape index (κ3) is 3.58. The van der Waals surface area contributed by atoms with Gasteiger partial charge in [-0.05, 0) is 25.3 Å². The molecule has 2 rings (SSSR count). The summed E-state index contributed by atoms with van der Waals surface area (Å²) in [7, 11) is -3.36. The predicted molar refractivity (Wildman–Crippen MR) is 75.7 cm³/mol. The molecule has 1 aromatic carbocycles. The quantitative estimate of drug-likeness (QED) is 0.916. The SMILES string of the molecule is Cc1ccc(CS(=O)(=O)N2CCC(C(=O)O)CC2)cc1. The topological polar surface area (TPSA) is 74.7 Å². The van der Waals surface area contributed by atoms with Gasteiger partial charge in [0.2, 0.25) is 10.0 Å². The molecule has 0 amide bonds. The first kappa shape index (κ1) is 15.0. The fourth-order valence-corrected chi connectivity index (χ4v) is 3.93. The van der Waals surface area contributed by atoms with Gasteiger partial charge in [-0.3, -0.25) is 4.79 Å². The monoisotopic (exact) mass is 297 g/mol. The first-order valence-corrected chi connectivity index (χ1v) is 8.25. The number of benzene rings is 1. The van der Waals surface area contributed by atoms with Crippen LogP contribution in [0, 0.1) is 12.8 Å². The number of aliphatic carboxylic acids is 1. The lowest BCUT2D eigenvalue weighted by atomic mass is 9.99. The van der Waals surface area contributed by atoms with Gasteiger partial charge in [0.25, 0.3) is 0 Å². The lowest BCUT2D eigenvalue weighted by Crippen LogP contribution is -2.40. The fraction of sp³-hybridized carbons (Fsp3) is 0.500. The van der Waals surface area contributed by atoms with Crippen LogP contribution in [0.3, 0.4) is 0 Å². The molecule has 1 aromatic rings. The van der Waals surface area contributed by atoms with E-state index in [-0.39, 0.29) is 5.75 Å². The van der Waals surface area contributed by atoms with E-state index in [1.807, 2.05) is 31.2 Å². The molecular formula is C14H19NO4S. The van der Waals surface area contributed by atoms with Crippen LogP contribution in [0.15, 0.2) is 24.3 Å². The molecule has 5 nitrogen and oxygen atoms in total. The molecule has 0 spiro atoms. The van der Waals surface area contributed by atoms with Gasteiger partial charge in [-0.1, -0.05) is 29.8 Å². The van der Waals surface area contributed by atoms with E-state index in [9.17, 15) is 13.2 Å². The number of aryl methyl sites for hydroxylation is 1. The number of carboxylic acid groups (broad SMARTS) is 1. The van der Waals surface area contributed by atoms with Gasteiger partial charge in [-0.2, -0.15) is 0 Å². The van der Waals surface area contributed by atoms with Crippen molar-refractivity contribution in [1.29, 1.82) is 0 Å². The van der Waals surface area contributed by atoms with E-state index in [2.05, 4.69) is 0 Å². The third-order valence-electron chi connectivity index (χ3n) is 3.67. The molecule has 1 fully saturated rings. The molecule has 0 aliphatic carbocycles. The molecule has 0 atom stereocenters. The van der Waals surface area contributed by atoms with Crippen molar-refractivity contribution in [1.82, 2.24) is 4.31 Å². The van der Waals surface area contributed by atoms with Gasteiger partial charge >= 0.3 is 5.97 Å². The van der Waals surface area contributed by atoms with Crippen molar-refractivity contribution in [3.63, 3.8) is 0 Å². The van der Waals surface area contributed by atoms with Crippen LogP contribution in [-0.4, -0.2) is 36.9 Å². The highest BCUT2D eigenvalue weighted by atomic mass is 32.2. The molecule has 1 aliphatic rings. The Labute approximate surface area is 119 Å². The number of hydrogen-bond donors (Lipinski definition) is 1. The summed E-state index contributed by atoms with van der Waals surface area (Å²) in [6.07, 6.45) is 0.783. The number of rotatable bonds is 4. The van der Waals surface area contributed by atoms with Crippen LogP contribution in [0.5, 0.6) is 0 Å². The van der Waals surface area contributed by atoms with Crippen LogP contribution < -0.4 is 0 Å². The van der Waals surface area contributed by atoms with Gasteiger partial charge in [-0.25, -0.2) is 12.7 Å². The molecule has 1 aliphatic heterocycles. The van der Waals surface area contributed by atoms with Crippen molar-refractivity contribution < 1.29 is 18.3 Å². The van der Waals surface area contributed by atoms with Gasteiger partial charge in [0.05, 0.1) is 11.7 Å². The van der Waals surface area contributed by atoms with Crippen molar-refractivity contribution in [2.45, 2.75) is 25.5 Å². The Kier molecular flexibility index (Phi) is 4.45. The zero-order valence-corrected chi connectivity index (χ0v) is 12.3. The summed E-state index contributed by atoms with van der Waals surface area (Å²) in [6.45, 7) is 2.55. The Hall–Kier alpha value is -1.40. The van der Waals surface area contributed by atoms with E-state index in [4.69, 9.17) is 5.11 Å². The first-order valence-electron chi connectivity index (χ1n) is 6.64. The van der Waals surface area contributed by atoms with Gasteiger partial charge in [-0.15, -0.1) is 0 Å². The van der Waals surface area contributed by atoms with Gasteiger partial charge in [0.15, 0.2) is 0 Å². The molecule has 0 bridgehead atoms. The second kappa shape index (κ2) is 5.93. The number of carbonyl (C=O) groups is 1. The zero-order chi connectivity index (χ0) is 14.8. The average Bonchev–Trinajstić information content (AvgIpc) is 2.41. The second-order valence-corrected chi connectivity index (χ2v) is 7.22. The largest absolute Gasteiger partial charge is 0.481 e. The zero-order valence-electron chi connectivity index (χ0n) is 11.4. The predicted octanol–water partition coefficient (Wildman–Crippen LogP) is 1.62. The standard InChI is InChI=1S/C14H19NO4S/c1-11-2-4-12(5-3-11)10-20(18,19)15-8-6-13(7-9-15)14(16)17/h2-5,13H,6-10H2,1H3,(H,16,17). The van der Waals surface area contributed by atoms with E-state index in [1.54, 1.807) is 0 Å². The molecule has 0 aromatic heterocycles. The third-order valence-corrected chi connectivity index (χ3v) is 5.52. The maximum atomic E-state index is 12.3. The maximum Gasteiger partial charge on any atom is 0.306 e. The average molecular weight is 297 g/mol. The molecule has 1 saturated heterocycles. The highest BCUT2D eigenvalue weighted by Gasteiger charge is 2.30. The van der Waals surface area contributed by atoms with Crippen molar-refractivity contribution in [3.8, 4) is 0 Å². The van der Waals surface area contributed by atoms with Crippen LogP contribution in [0.25, 0.3) is 0 Å². The molecule has 0 saturated carbocycles. The molecule has 20 heavy (non-hydrogen) atoms. The Balaban J connectivity index is 2.01. The van der Waals surface area contributed by atoms with E-state index in [0.717, 1.165) is 11.1 Å². The Morgan fingerprint density at radius 2 is 1.80 bits per heavy atom. The fourth-order valence-electron chi connectivity index (χ4n) is 2.37. The molecule has 1 N–H and O–H groups in total. The van der Waals surface area contributed by atoms with Crippen LogP contribution in [0.2, 0.25) is 0 Å². The van der Waals surface area contributed by atoms with Crippen LogP contribution in [0.1, 0.15) is 24.0 Å². The summed E-state index contributed by atoms with van der Waals surface area (Å²) in [5.41, 5.74) is 1.85. The normalized spacial score (nSPS) is 18.1. The van der Waals surface area contributed by atoms with Gasteiger partial charge < -0.3 is 5.11 Å². The van der Waals surface area contributed by atoms with Crippen molar-refractivity contribution in [2.24, 2.45) is 5.92 Å². The number of hydrogen-bond acceptors (Lipinski definition) is 3. The van der Waals surface area contributed by atoms with Crippen molar-refractivity contribution in [2.75, 3.05) is 13.1 Å². The van der Waals surface area contributed by atoms with E-state index in [1.165, 1.54) is 4.31 Å². The van der Waals surface area contributed by atoms with Crippen LogP contribution >= 0.6 is 0 Å². The number of piperidine rings is 1. The molecule has 1 heterocycles. The lowest BCUT2D eigenvalue weighted by molar-refractivity contribution is -0.142. The summed E-state index contributed by atoms with van der Waals surface area (Å²) in [6, 6.07) is 7.41. The van der Waals surface area contributed by atoms with Crippen molar-refractivity contribution >= 4 is 16.0 Å². The van der Waals surface area contributed by atoms with Crippen LogP contribution in [-0.2, 0) is 20.6 Å². The van der Waals surface area contributed by atoms with Gasteiger partial charge in [0.1, 0.15) is 0 Å². The molecule has 0 unspecified atom stereocenters. The maximum absolute atomic E-state index is 12.3. The molecular weight excluding hydrogens is 278 g/mol. The first-order chi connectivity index (χ1) is 9.38. The summed E-state index contributed by atoms with van der Waals surface area (Å²) in [4.78, 5) is 10.9. The van der Waals surface area contributed by atoms with E-state index in [0.29, 0.717) is 25.9 Å². The second-order valence-electron chi connectivity index (χ2n) is 5.25. The smallest absolute Gasteiger partial charge is 0.306 e. The Bertz CT molecular complexity index is 572. The minimum absolute atomic E-state index is 0.0228. The summed E-state index contributed by atoms with van der Waals surface area (Å²) in [5.74, 6) is -1.27. The van der Waals surface area contributed by atoms with E-state index >= 15 is 0 Å². The summed E-state index contributed by atoms with van der Waals surface area (Å²) < 4.78 is 26.0. The molecule has 6 heteroatoms. The number of nitrogens with zero attached hydrogens (tertiary/aromatic N) is 1. The summed E-state index contributed by atoms with van der Waals surface area (Å²) in [5, 5.41) is 8.92. The highest BCUT2D eigenvalue weighted by molar-refractivity contribution is 7.88. The lowest BCUT2D eigenvalue weighted by Gasteiger charge is -2.29. The highest BCUT2D eigenvalue weighted by Crippen LogP contribution is 2.21. The number of carboxylic acids is 1. The molecule has 0 radical (unpaired) electrons. The minimum Gasteiger partial charge on any atom is -0.481 e. The Morgan fingerprint density at radius 3 is 2.30 bits per heavy atom. The van der Waals surface area contributed by atoms with Crippen molar-refractivity contribution in [3.05, 3.63) is 35.4 Å². The van der Waals surface area contributed by atoms with Crippen LogP contribution in [0.4, 0.5) is 0 Å². The number of sulfonamides is 1.